The first-order valence-corrected chi connectivity index (χ1v) is 4.75. The van der Waals surface area contributed by atoms with Gasteiger partial charge in [0, 0.05) is 0 Å². The zero-order chi connectivity index (χ0) is 11.5. The van der Waals surface area contributed by atoms with E-state index in [1.165, 1.54) is 0 Å². The van der Waals surface area contributed by atoms with E-state index in [9.17, 15) is 18.0 Å². The molecule has 0 amide bonds. The van der Waals surface area contributed by atoms with Gasteiger partial charge in [-0.3, -0.25) is 14.1 Å². The summed E-state index contributed by atoms with van der Waals surface area (Å²) in [4.78, 5) is 20.4. The molecule has 0 aromatic heterocycles. The number of hydrogen-bond acceptors (Lipinski definition) is 5. The fraction of sp³-hybridized carbons (Fsp3) is 0.600. The first-order valence-electron chi connectivity index (χ1n) is 3.25. The van der Waals surface area contributed by atoms with E-state index in [2.05, 4.69) is 0 Å². The monoisotopic (exact) mass is 228 g/mol. The lowest BCUT2D eigenvalue weighted by atomic mass is 10.1. The number of carboxylic acid groups (broad SMARTS) is 2. The van der Waals surface area contributed by atoms with Crippen molar-refractivity contribution < 1.29 is 37.9 Å². The zero-order valence-corrected chi connectivity index (χ0v) is 7.51. The number of hydrogen-bond donors (Lipinski definition) is 4. The van der Waals surface area contributed by atoms with Crippen LogP contribution in [0.3, 0.4) is 0 Å². The molecule has 82 valence electrons. The molecule has 14 heavy (non-hydrogen) atoms. The van der Waals surface area contributed by atoms with Crippen LogP contribution in [-0.2, 0) is 19.7 Å². The highest BCUT2D eigenvalue weighted by Gasteiger charge is 2.37. The molecule has 0 aliphatic carbocycles. The van der Waals surface area contributed by atoms with Crippen LogP contribution >= 0.6 is 0 Å². The topological polar surface area (TPSA) is 149 Å². The second-order valence-electron chi connectivity index (χ2n) is 2.45. The average Bonchev–Trinajstić information content (AvgIpc) is 1.96. The van der Waals surface area contributed by atoms with E-state index in [-0.39, 0.29) is 0 Å². The molecule has 4 N–H and O–H groups in total. The quantitative estimate of drug-likeness (QED) is 0.409. The van der Waals surface area contributed by atoms with E-state index in [0.717, 1.165) is 0 Å². The van der Waals surface area contributed by atoms with Gasteiger partial charge in [0.1, 0.15) is 5.92 Å². The maximum Gasteiger partial charge on any atom is 0.310 e. The van der Waals surface area contributed by atoms with Crippen molar-refractivity contribution in [3.05, 3.63) is 0 Å². The largest absolute Gasteiger partial charge is 0.481 e. The first-order chi connectivity index (χ1) is 6.16. The van der Waals surface area contributed by atoms with Crippen LogP contribution in [0.15, 0.2) is 0 Å². The predicted octanol–water partition coefficient (Wildman–Crippen LogP) is -1.63. The highest BCUT2D eigenvalue weighted by molar-refractivity contribution is 7.86. The minimum atomic E-state index is -4.98. The molecule has 0 aliphatic rings. The molecular weight excluding hydrogens is 220 g/mol. The third kappa shape index (κ3) is 3.68. The Morgan fingerprint density at radius 1 is 1.21 bits per heavy atom. The van der Waals surface area contributed by atoms with Gasteiger partial charge in [0.25, 0.3) is 10.1 Å². The van der Waals surface area contributed by atoms with Gasteiger partial charge in [-0.25, -0.2) is 0 Å². The van der Waals surface area contributed by atoms with Crippen LogP contribution in [0.5, 0.6) is 0 Å². The number of carboxylic acids is 2. The molecule has 0 heterocycles. The minimum absolute atomic E-state index is 1.10. The lowest BCUT2D eigenvalue weighted by Crippen LogP contribution is -2.36. The first kappa shape index (κ1) is 12.8. The summed E-state index contributed by atoms with van der Waals surface area (Å²) in [5, 5.41) is 25.3. The van der Waals surface area contributed by atoms with E-state index in [4.69, 9.17) is 19.9 Å². The number of aliphatic hydroxyl groups excluding tert-OH is 1. The van der Waals surface area contributed by atoms with Crippen molar-refractivity contribution in [1.82, 2.24) is 0 Å². The SMILES string of the molecule is O=C(O)CC(C(=O)O)C(O)S(=O)(=O)O. The average molecular weight is 228 g/mol. The lowest BCUT2D eigenvalue weighted by Gasteiger charge is -2.13. The predicted molar refractivity (Wildman–Crippen MR) is 40.9 cm³/mol. The van der Waals surface area contributed by atoms with E-state index in [1.54, 1.807) is 0 Å². The smallest absolute Gasteiger partial charge is 0.310 e. The molecule has 0 rings (SSSR count). The molecule has 2 unspecified atom stereocenters. The summed E-state index contributed by atoms with van der Waals surface area (Å²) >= 11 is 0. The minimum Gasteiger partial charge on any atom is -0.481 e. The van der Waals surface area contributed by atoms with Crippen LogP contribution in [0.2, 0.25) is 0 Å². The van der Waals surface area contributed by atoms with Gasteiger partial charge in [0.05, 0.1) is 6.42 Å². The van der Waals surface area contributed by atoms with Crippen LogP contribution in [0.25, 0.3) is 0 Å². The Morgan fingerprint density at radius 3 is 1.86 bits per heavy atom. The third-order valence-electron chi connectivity index (χ3n) is 1.36. The zero-order valence-electron chi connectivity index (χ0n) is 6.69. The Hall–Kier alpha value is -1.19. The second-order valence-corrected chi connectivity index (χ2v) is 3.96. The molecule has 2 atom stereocenters. The van der Waals surface area contributed by atoms with Crippen LogP contribution in [0, 0.1) is 5.92 Å². The Labute approximate surface area is 78.5 Å². The van der Waals surface area contributed by atoms with E-state index in [1.807, 2.05) is 0 Å². The summed E-state index contributed by atoms with van der Waals surface area (Å²) in [6, 6.07) is 0. The maximum atomic E-state index is 10.3. The van der Waals surface area contributed by atoms with E-state index >= 15 is 0 Å². The standard InChI is InChI=1S/C5H8O8S/c6-3(7)1-2(4(8)9)5(10)14(11,12)13/h2,5,10H,1H2,(H,6,7)(H,8,9)(H,11,12,13). The van der Waals surface area contributed by atoms with Gasteiger partial charge in [-0.05, 0) is 0 Å². The van der Waals surface area contributed by atoms with Crippen molar-refractivity contribution >= 4 is 22.1 Å². The summed E-state index contributed by atoms with van der Waals surface area (Å²) in [6.45, 7) is 0. The Balaban J connectivity index is 4.85. The highest BCUT2D eigenvalue weighted by Crippen LogP contribution is 2.14. The Morgan fingerprint density at radius 2 is 1.64 bits per heavy atom. The number of carbonyl (C=O) groups is 2. The summed E-state index contributed by atoms with van der Waals surface area (Å²) in [5.41, 5.74) is -2.64. The van der Waals surface area contributed by atoms with Gasteiger partial charge in [-0.1, -0.05) is 0 Å². The van der Waals surface area contributed by atoms with Gasteiger partial charge in [0.15, 0.2) is 5.44 Å². The van der Waals surface area contributed by atoms with Crippen molar-refractivity contribution in [2.45, 2.75) is 11.9 Å². The van der Waals surface area contributed by atoms with Crippen LogP contribution in [0.4, 0.5) is 0 Å². The molecule has 0 saturated heterocycles. The second kappa shape index (κ2) is 4.35. The normalized spacial score (nSPS) is 15.9. The van der Waals surface area contributed by atoms with E-state index < -0.39 is 39.8 Å². The molecular formula is C5H8O8S. The van der Waals surface area contributed by atoms with Crippen LogP contribution in [-0.4, -0.2) is 45.7 Å². The van der Waals surface area contributed by atoms with Gasteiger partial charge in [-0.15, -0.1) is 0 Å². The van der Waals surface area contributed by atoms with Crippen molar-refractivity contribution in [1.29, 1.82) is 0 Å². The molecule has 0 saturated carbocycles. The fourth-order valence-corrected chi connectivity index (χ4v) is 1.33. The Bertz CT molecular complexity index is 330. The molecule has 0 radical (unpaired) electrons. The van der Waals surface area contributed by atoms with Crippen molar-refractivity contribution in [2.24, 2.45) is 5.92 Å². The van der Waals surface area contributed by atoms with E-state index in [0.29, 0.717) is 0 Å². The van der Waals surface area contributed by atoms with Crippen molar-refractivity contribution in [3.63, 3.8) is 0 Å². The van der Waals surface area contributed by atoms with Crippen LogP contribution in [0.1, 0.15) is 6.42 Å². The van der Waals surface area contributed by atoms with Crippen molar-refractivity contribution in [3.8, 4) is 0 Å². The third-order valence-corrected chi connectivity index (χ3v) is 2.30. The van der Waals surface area contributed by atoms with Gasteiger partial charge < -0.3 is 15.3 Å². The van der Waals surface area contributed by atoms with Gasteiger partial charge in [0.2, 0.25) is 0 Å². The number of aliphatic hydroxyl groups is 1. The summed E-state index contributed by atoms with van der Waals surface area (Å²) in [6.07, 6.45) is -1.10. The molecule has 0 aromatic carbocycles. The maximum absolute atomic E-state index is 10.3. The van der Waals surface area contributed by atoms with Crippen LogP contribution < -0.4 is 0 Å². The number of aliphatic carboxylic acids is 2. The highest BCUT2D eigenvalue weighted by atomic mass is 32.2. The van der Waals surface area contributed by atoms with Gasteiger partial charge in [-0.2, -0.15) is 8.42 Å². The van der Waals surface area contributed by atoms with Gasteiger partial charge >= 0.3 is 11.9 Å². The lowest BCUT2D eigenvalue weighted by molar-refractivity contribution is -0.150. The molecule has 0 fully saturated rings. The fourth-order valence-electron chi connectivity index (χ4n) is 0.706. The van der Waals surface area contributed by atoms with Crippen molar-refractivity contribution in [2.75, 3.05) is 0 Å². The summed E-state index contributed by atoms with van der Waals surface area (Å²) in [7, 11) is -4.98. The Kier molecular flexibility index (Phi) is 3.98. The molecule has 0 aromatic rings. The number of rotatable bonds is 5. The summed E-state index contributed by atoms with van der Waals surface area (Å²) < 4.78 is 28.9. The molecule has 9 heteroatoms. The molecule has 0 aliphatic heterocycles. The molecule has 0 bridgehead atoms. The molecule has 0 spiro atoms. The molecule has 8 nitrogen and oxygen atoms in total. The summed E-state index contributed by atoms with van der Waals surface area (Å²) in [5.74, 6) is -5.51.